The van der Waals surface area contributed by atoms with Crippen LogP contribution >= 0.6 is 0 Å². The van der Waals surface area contributed by atoms with Crippen molar-refractivity contribution in [1.29, 1.82) is 0 Å². The van der Waals surface area contributed by atoms with E-state index in [1.54, 1.807) is 19.1 Å². The molecule has 0 saturated heterocycles. The summed E-state index contributed by atoms with van der Waals surface area (Å²) in [4.78, 5) is 0. The van der Waals surface area contributed by atoms with Gasteiger partial charge in [-0.05, 0) is 37.0 Å². The molecule has 0 atom stereocenters. The summed E-state index contributed by atoms with van der Waals surface area (Å²) in [6, 6.07) is 5.31. The fourth-order valence-corrected chi connectivity index (χ4v) is 2.48. The van der Waals surface area contributed by atoms with Crippen molar-refractivity contribution in [2.75, 3.05) is 6.61 Å². The molecule has 17 heavy (non-hydrogen) atoms. The molecule has 0 unspecified atom stereocenters. The first-order valence-electron chi connectivity index (χ1n) is 6.26. The van der Waals surface area contributed by atoms with Gasteiger partial charge in [-0.2, -0.15) is 0 Å². The van der Waals surface area contributed by atoms with Crippen LogP contribution in [0.2, 0.25) is 0 Å². The van der Waals surface area contributed by atoms with Crippen molar-refractivity contribution in [2.24, 2.45) is 0 Å². The van der Waals surface area contributed by atoms with Gasteiger partial charge in [-0.1, -0.05) is 25.0 Å². The number of benzene rings is 1. The topological polar surface area (TPSA) is 32.3 Å². The molecular formula is C14H20FNO. The van der Waals surface area contributed by atoms with Crippen LogP contribution in [0, 0.1) is 12.7 Å². The minimum Gasteiger partial charge on any atom is -0.394 e. The monoisotopic (exact) mass is 237 g/mol. The van der Waals surface area contributed by atoms with Gasteiger partial charge in [0.05, 0.1) is 6.61 Å². The van der Waals surface area contributed by atoms with Crippen molar-refractivity contribution in [3.63, 3.8) is 0 Å². The number of aliphatic hydroxyl groups is 1. The Hall–Kier alpha value is -0.930. The van der Waals surface area contributed by atoms with E-state index in [1.807, 2.05) is 6.07 Å². The van der Waals surface area contributed by atoms with Crippen LogP contribution in [-0.4, -0.2) is 17.3 Å². The summed E-state index contributed by atoms with van der Waals surface area (Å²) < 4.78 is 13.4. The summed E-state index contributed by atoms with van der Waals surface area (Å²) >= 11 is 0. The number of hydrogen-bond donors (Lipinski definition) is 2. The molecule has 2 rings (SSSR count). The van der Waals surface area contributed by atoms with E-state index in [-0.39, 0.29) is 18.0 Å². The quantitative estimate of drug-likeness (QED) is 0.843. The smallest absolute Gasteiger partial charge is 0.126 e. The maximum atomic E-state index is 13.4. The third-order valence-electron chi connectivity index (χ3n) is 3.77. The molecule has 1 aliphatic rings. The lowest BCUT2D eigenvalue weighted by molar-refractivity contribution is 0.163. The lowest BCUT2D eigenvalue weighted by Gasteiger charge is -2.28. The minimum absolute atomic E-state index is 0.138. The van der Waals surface area contributed by atoms with E-state index in [4.69, 9.17) is 0 Å². The summed E-state index contributed by atoms with van der Waals surface area (Å²) in [5.74, 6) is -0.159. The molecule has 0 bridgehead atoms. The van der Waals surface area contributed by atoms with Gasteiger partial charge < -0.3 is 10.4 Å². The molecule has 1 fully saturated rings. The molecule has 0 heterocycles. The highest BCUT2D eigenvalue weighted by atomic mass is 19.1. The zero-order valence-electron chi connectivity index (χ0n) is 10.3. The largest absolute Gasteiger partial charge is 0.394 e. The first-order valence-corrected chi connectivity index (χ1v) is 6.26. The van der Waals surface area contributed by atoms with Gasteiger partial charge in [-0.25, -0.2) is 4.39 Å². The van der Waals surface area contributed by atoms with Crippen molar-refractivity contribution < 1.29 is 9.50 Å². The van der Waals surface area contributed by atoms with Crippen LogP contribution in [0.25, 0.3) is 0 Å². The van der Waals surface area contributed by atoms with Crippen molar-refractivity contribution in [3.05, 3.63) is 35.1 Å². The number of nitrogens with one attached hydrogen (secondary N) is 1. The molecule has 0 aliphatic heterocycles. The lowest BCUT2D eigenvalue weighted by Crippen LogP contribution is -2.45. The van der Waals surface area contributed by atoms with Gasteiger partial charge in [0.1, 0.15) is 5.82 Å². The van der Waals surface area contributed by atoms with Crippen LogP contribution in [0.4, 0.5) is 4.39 Å². The first-order chi connectivity index (χ1) is 8.15. The Kier molecular flexibility index (Phi) is 3.79. The number of rotatable bonds is 4. The molecule has 3 heteroatoms. The number of aliphatic hydroxyl groups excluding tert-OH is 1. The average molecular weight is 237 g/mol. The number of aryl methyl sites for hydroxylation is 1. The third kappa shape index (κ3) is 2.85. The molecule has 0 radical (unpaired) electrons. The Morgan fingerprint density at radius 2 is 2.06 bits per heavy atom. The van der Waals surface area contributed by atoms with Crippen molar-refractivity contribution in [3.8, 4) is 0 Å². The zero-order valence-corrected chi connectivity index (χ0v) is 10.3. The molecule has 94 valence electrons. The van der Waals surface area contributed by atoms with Crippen LogP contribution in [0.1, 0.15) is 36.8 Å². The SMILES string of the molecule is Cc1ccc(CNC2(CO)CCCC2)cc1F. The number of halogens is 1. The van der Waals surface area contributed by atoms with Gasteiger partial charge in [0.25, 0.3) is 0 Å². The zero-order chi connectivity index (χ0) is 12.3. The Bertz CT molecular complexity index is 386. The second-order valence-corrected chi connectivity index (χ2v) is 5.08. The fourth-order valence-electron chi connectivity index (χ4n) is 2.48. The highest BCUT2D eigenvalue weighted by Gasteiger charge is 2.32. The second-order valence-electron chi connectivity index (χ2n) is 5.08. The molecule has 2 nitrogen and oxygen atoms in total. The standard InChI is InChI=1S/C14H20FNO/c1-11-4-5-12(8-13(11)15)9-16-14(10-17)6-2-3-7-14/h4-5,8,16-17H,2-3,6-7,9-10H2,1H3. The molecule has 0 amide bonds. The van der Waals surface area contributed by atoms with E-state index >= 15 is 0 Å². The normalized spacial score (nSPS) is 18.5. The van der Waals surface area contributed by atoms with E-state index in [0.29, 0.717) is 12.1 Å². The van der Waals surface area contributed by atoms with Gasteiger partial charge in [0.15, 0.2) is 0 Å². The summed E-state index contributed by atoms with van der Waals surface area (Å²) in [5, 5.41) is 12.8. The molecule has 0 spiro atoms. The highest BCUT2D eigenvalue weighted by molar-refractivity contribution is 5.23. The summed E-state index contributed by atoms with van der Waals surface area (Å²) in [7, 11) is 0. The summed E-state index contributed by atoms with van der Waals surface area (Å²) in [5.41, 5.74) is 1.47. The van der Waals surface area contributed by atoms with Crippen LogP contribution in [0.3, 0.4) is 0 Å². The second kappa shape index (κ2) is 5.15. The maximum Gasteiger partial charge on any atom is 0.126 e. The van der Waals surface area contributed by atoms with Crippen molar-refractivity contribution in [2.45, 2.75) is 44.7 Å². The van der Waals surface area contributed by atoms with Crippen LogP contribution in [0.15, 0.2) is 18.2 Å². The molecule has 1 aromatic carbocycles. The molecule has 1 aromatic rings. The van der Waals surface area contributed by atoms with E-state index < -0.39 is 0 Å². The summed E-state index contributed by atoms with van der Waals surface area (Å²) in [6.07, 6.45) is 4.35. The molecule has 2 N–H and O–H groups in total. The Balaban J connectivity index is 1.99. The van der Waals surface area contributed by atoms with Crippen molar-refractivity contribution >= 4 is 0 Å². The first kappa shape index (κ1) is 12.5. The molecule has 1 saturated carbocycles. The fraction of sp³-hybridized carbons (Fsp3) is 0.571. The predicted octanol–water partition coefficient (Wildman–Crippen LogP) is 2.53. The van der Waals surface area contributed by atoms with E-state index in [9.17, 15) is 9.50 Å². The van der Waals surface area contributed by atoms with E-state index in [2.05, 4.69) is 5.32 Å². The van der Waals surface area contributed by atoms with Crippen LogP contribution in [0.5, 0.6) is 0 Å². The maximum absolute atomic E-state index is 13.4. The van der Waals surface area contributed by atoms with E-state index in [1.165, 1.54) is 0 Å². The van der Waals surface area contributed by atoms with Crippen LogP contribution in [-0.2, 0) is 6.54 Å². The summed E-state index contributed by atoms with van der Waals surface area (Å²) in [6.45, 7) is 2.55. The molecule has 0 aromatic heterocycles. The van der Waals surface area contributed by atoms with Gasteiger partial charge in [-0.15, -0.1) is 0 Å². The van der Waals surface area contributed by atoms with Gasteiger partial charge in [-0.3, -0.25) is 0 Å². The predicted molar refractivity (Wildman–Crippen MR) is 66.3 cm³/mol. The molecular weight excluding hydrogens is 217 g/mol. The number of hydrogen-bond acceptors (Lipinski definition) is 2. The van der Waals surface area contributed by atoms with Crippen LogP contribution < -0.4 is 5.32 Å². The van der Waals surface area contributed by atoms with E-state index in [0.717, 1.165) is 31.2 Å². The Morgan fingerprint density at radius 3 is 2.65 bits per heavy atom. The Morgan fingerprint density at radius 1 is 1.35 bits per heavy atom. The average Bonchev–Trinajstić information content (AvgIpc) is 2.80. The minimum atomic E-state index is -0.159. The lowest BCUT2D eigenvalue weighted by atomic mass is 9.98. The van der Waals surface area contributed by atoms with Gasteiger partial charge in [0.2, 0.25) is 0 Å². The van der Waals surface area contributed by atoms with Gasteiger partial charge in [0, 0.05) is 12.1 Å². The third-order valence-corrected chi connectivity index (χ3v) is 3.77. The molecule has 1 aliphatic carbocycles. The highest BCUT2D eigenvalue weighted by Crippen LogP contribution is 2.29. The van der Waals surface area contributed by atoms with Crippen molar-refractivity contribution in [1.82, 2.24) is 5.32 Å². The Labute approximate surface area is 102 Å². The van der Waals surface area contributed by atoms with Gasteiger partial charge >= 0.3 is 0 Å².